The molecule has 0 aromatic heterocycles. The summed E-state index contributed by atoms with van der Waals surface area (Å²) in [5, 5.41) is 8.89. The van der Waals surface area contributed by atoms with Gasteiger partial charge in [-0.25, -0.2) is 0 Å². The molecular weight excluding hydrogens is 56.0 g/mol. The van der Waals surface area contributed by atoms with Gasteiger partial charge in [-0.15, -0.1) is 0 Å². The Morgan fingerprint density at radius 1 is 2.00 bits per heavy atom. The van der Waals surface area contributed by atoms with E-state index in [0.29, 0.717) is 0 Å². The van der Waals surface area contributed by atoms with Gasteiger partial charge in [-0.1, -0.05) is 0 Å². The van der Waals surface area contributed by atoms with Gasteiger partial charge in [-0.2, -0.15) is 5.84 Å². The highest BCUT2D eigenvalue weighted by atomic mass is 16.5. The van der Waals surface area contributed by atoms with Crippen molar-refractivity contribution in [2.75, 3.05) is 7.05 Å². The zero-order valence-corrected chi connectivity index (χ0v) is 2.49. The van der Waals surface area contributed by atoms with Crippen molar-refractivity contribution in [2.45, 2.75) is 0 Å². The molecule has 1 unspecified atom stereocenters. The lowest BCUT2D eigenvalue weighted by molar-refractivity contribution is -0.838. The highest BCUT2D eigenvalue weighted by Gasteiger charge is 1.49. The lowest BCUT2D eigenvalue weighted by Crippen LogP contribution is -3.10. The molecule has 0 saturated heterocycles. The molecular formula is CH6N2O. The summed E-state index contributed by atoms with van der Waals surface area (Å²) in [6.07, 6.45) is 0. The van der Waals surface area contributed by atoms with Crippen LogP contribution in [0.25, 0.3) is 0 Å². The summed E-state index contributed by atoms with van der Waals surface area (Å²) in [5.74, 6) is 4.47. The molecule has 0 fully saturated rings. The number of rotatable bonds is 0. The zero-order chi connectivity index (χ0) is 3.58. The average Bonchev–Trinajstić information content (AvgIpc) is 0.811. The molecule has 3 N–H and O–H groups in total. The Balaban J connectivity index is 2.32. The van der Waals surface area contributed by atoms with Gasteiger partial charge in [0, 0.05) is 0 Å². The summed E-state index contributed by atoms with van der Waals surface area (Å²) in [7, 11) is 1.31. The highest BCUT2D eigenvalue weighted by molar-refractivity contribution is 3.82. The van der Waals surface area contributed by atoms with E-state index in [2.05, 4.69) is 5.84 Å². The van der Waals surface area contributed by atoms with Crippen molar-refractivity contribution >= 4 is 0 Å². The van der Waals surface area contributed by atoms with E-state index in [0.717, 1.165) is 0 Å². The second-order valence-electron chi connectivity index (χ2n) is 0.611. The lowest BCUT2D eigenvalue weighted by Gasteiger charge is -2.02. The molecule has 1 atom stereocenters. The van der Waals surface area contributed by atoms with E-state index in [1.807, 2.05) is 0 Å². The van der Waals surface area contributed by atoms with Crippen LogP contribution >= 0.6 is 0 Å². The Morgan fingerprint density at radius 2 is 2.00 bits per heavy atom. The van der Waals surface area contributed by atoms with Crippen LogP contribution < -0.4 is 11.0 Å². The van der Waals surface area contributed by atoms with Gasteiger partial charge in [0.25, 0.3) is 0 Å². The van der Waals surface area contributed by atoms with Crippen LogP contribution in [0.4, 0.5) is 0 Å². The first kappa shape index (κ1) is 3.88. The van der Waals surface area contributed by atoms with Gasteiger partial charge in [-0.05, 0) is 0 Å². The van der Waals surface area contributed by atoms with Gasteiger partial charge in [-0.3, -0.25) is 5.17 Å². The summed E-state index contributed by atoms with van der Waals surface area (Å²) < 4.78 is 0. The fraction of sp³-hybridized carbons (Fsp3) is 1.00. The minimum Gasteiger partial charge on any atom is -0.613 e. The van der Waals surface area contributed by atoms with Crippen molar-refractivity contribution in [1.82, 2.24) is 0 Å². The minimum atomic E-state index is -0.333. The molecule has 0 bridgehead atoms. The van der Waals surface area contributed by atoms with Crippen LogP contribution in [-0.2, 0) is 0 Å². The van der Waals surface area contributed by atoms with Gasteiger partial charge in [0.2, 0.25) is 0 Å². The first-order valence-electron chi connectivity index (χ1n) is 0.993. The number of nitrogens with two attached hydrogens (primary N) is 1. The molecule has 3 heteroatoms. The Morgan fingerprint density at radius 3 is 2.00 bits per heavy atom. The van der Waals surface area contributed by atoms with Crippen LogP contribution in [0.3, 0.4) is 0 Å². The van der Waals surface area contributed by atoms with E-state index in [1.165, 1.54) is 7.05 Å². The first-order valence-corrected chi connectivity index (χ1v) is 0.993. The third kappa shape index (κ3) is 101. The van der Waals surface area contributed by atoms with Gasteiger partial charge in [0.05, 0.1) is 7.05 Å². The number of quaternary nitrogens is 1. The van der Waals surface area contributed by atoms with E-state index in [-0.39, 0.29) is 5.17 Å². The molecule has 4 heavy (non-hydrogen) atoms. The predicted octanol–water partition coefficient (Wildman–Crippen LogP) is -2.13. The quantitative estimate of drug-likeness (QED) is 0.249. The molecule has 0 aliphatic carbocycles. The molecule has 0 radical (unpaired) electrons. The molecule has 26 valence electrons. The summed E-state index contributed by atoms with van der Waals surface area (Å²) in [6.45, 7) is 0. The van der Waals surface area contributed by atoms with Crippen LogP contribution in [0, 0.1) is 5.21 Å². The van der Waals surface area contributed by atoms with Gasteiger partial charge < -0.3 is 5.21 Å². The molecule has 0 spiro atoms. The second-order valence-corrected chi connectivity index (χ2v) is 0.611. The SMILES string of the molecule is C[NH+](N)[O-]. The largest absolute Gasteiger partial charge is 0.613 e. The van der Waals surface area contributed by atoms with E-state index in [4.69, 9.17) is 0 Å². The third-order valence-corrected chi connectivity index (χ3v) is 0. The first-order chi connectivity index (χ1) is 1.73. The Bertz CT molecular complexity index is 10.8. The second kappa shape index (κ2) is 1.23. The van der Waals surface area contributed by atoms with Crippen molar-refractivity contribution in [3.63, 3.8) is 0 Å². The molecule has 0 aromatic rings. The van der Waals surface area contributed by atoms with Crippen molar-refractivity contribution < 1.29 is 5.17 Å². The van der Waals surface area contributed by atoms with Crippen LogP contribution in [-0.4, -0.2) is 7.05 Å². The maximum atomic E-state index is 9.22. The van der Waals surface area contributed by atoms with Gasteiger partial charge >= 0.3 is 0 Å². The van der Waals surface area contributed by atoms with Gasteiger partial charge in [0.1, 0.15) is 0 Å². The zero-order valence-electron chi connectivity index (χ0n) is 2.49. The number of hydroxylamine groups is 1. The summed E-state index contributed by atoms with van der Waals surface area (Å²) in [4.78, 5) is 0. The maximum absolute atomic E-state index is 9.22. The molecule has 0 aliphatic heterocycles. The highest BCUT2D eigenvalue weighted by Crippen LogP contribution is 0.827. The van der Waals surface area contributed by atoms with E-state index >= 15 is 0 Å². The molecule has 0 saturated carbocycles. The van der Waals surface area contributed by atoms with Crippen molar-refractivity contribution in [2.24, 2.45) is 5.84 Å². The fourth-order valence-corrected chi connectivity index (χ4v) is 0. The van der Waals surface area contributed by atoms with Crippen LogP contribution in [0.1, 0.15) is 0 Å². The smallest absolute Gasteiger partial charge is 0.0837 e. The molecule has 0 heterocycles. The molecule has 0 aliphatic rings. The van der Waals surface area contributed by atoms with Crippen LogP contribution in [0.2, 0.25) is 0 Å². The number of nitrogens with one attached hydrogen (secondary N) is 1. The van der Waals surface area contributed by atoms with Crippen molar-refractivity contribution in [3.05, 3.63) is 5.21 Å². The van der Waals surface area contributed by atoms with Crippen molar-refractivity contribution in [3.8, 4) is 0 Å². The summed E-state index contributed by atoms with van der Waals surface area (Å²) >= 11 is 0. The molecule has 3 nitrogen and oxygen atoms in total. The predicted molar refractivity (Wildman–Crippen MR) is 14.4 cm³/mol. The van der Waals surface area contributed by atoms with E-state index < -0.39 is 0 Å². The molecule has 0 aromatic carbocycles. The summed E-state index contributed by atoms with van der Waals surface area (Å²) in [6, 6.07) is 0. The van der Waals surface area contributed by atoms with Gasteiger partial charge in [0.15, 0.2) is 0 Å². The maximum Gasteiger partial charge on any atom is 0.0837 e. The van der Waals surface area contributed by atoms with Crippen LogP contribution in [0.5, 0.6) is 0 Å². The summed E-state index contributed by atoms with van der Waals surface area (Å²) in [5.41, 5.74) is 0. The fourth-order valence-electron chi connectivity index (χ4n) is 0. The third-order valence-electron chi connectivity index (χ3n) is 0. The average molecular weight is 62.1 g/mol. The number of hydrogen-bond donors (Lipinski definition) is 2. The Kier molecular flexibility index (Phi) is 1.19. The topological polar surface area (TPSA) is 53.5 Å². The Hall–Kier alpha value is -0.120. The van der Waals surface area contributed by atoms with E-state index in [9.17, 15) is 5.21 Å². The number of hydrogen-bond acceptors (Lipinski definition) is 2. The molecule has 0 rings (SSSR count). The van der Waals surface area contributed by atoms with Crippen LogP contribution in [0.15, 0.2) is 0 Å². The Labute approximate surface area is 24.6 Å². The van der Waals surface area contributed by atoms with E-state index in [1.54, 1.807) is 0 Å². The monoisotopic (exact) mass is 62.0 g/mol. The molecule has 0 amide bonds. The standard InChI is InChI=1S/CH6N2O/c1-3(2)4/h3H,2H2,1H3. The normalized spacial score (nSPS) is 15.8. The lowest BCUT2D eigenvalue weighted by atomic mass is 11.5. The minimum absolute atomic E-state index is 0.333. The van der Waals surface area contributed by atoms with Crippen molar-refractivity contribution in [1.29, 1.82) is 0 Å².